The van der Waals surface area contributed by atoms with Crippen LogP contribution >= 0.6 is 0 Å². The first-order valence-electron chi connectivity index (χ1n) is 8.70. The molecule has 0 saturated heterocycles. The number of aryl methyl sites for hydroxylation is 2. The minimum absolute atomic E-state index is 0.674. The molecule has 1 heterocycles. The van der Waals surface area contributed by atoms with Crippen LogP contribution in [0.3, 0.4) is 0 Å². The summed E-state index contributed by atoms with van der Waals surface area (Å²) >= 11 is 0. The molecule has 2 aromatic carbocycles. The lowest BCUT2D eigenvalue weighted by Gasteiger charge is -2.22. The van der Waals surface area contributed by atoms with E-state index in [4.69, 9.17) is 9.72 Å². The number of para-hydroxylation sites is 1. The van der Waals surface area contributed by atoms with Crippen LogP contribution in [-0.2, 0) is 0 Å². The Labute approximate surface area is 154 Å². The molecule has 0 radical (unpaired) electrons. The summed E-state index contributed by atoms with van der Waals surface area (Å²) < 4.78 is 5.45. The predicted molar refractivity (Wildman–Crippen MR) is 107 cm³/mol. The molecular formula is C21H24N4O. The molecule has 5 heteroatoms. The summed E-state index contributed by atoms with van der Waals surface area (Å²) in [4.78, 5) is 11.4. The van der Waals surface area contributed by atoms with E-state index in [0.717, 1.165) is 40.7 Å². The molecule has 5 nitrogen and oxygen atoms in total. The van der Waals surface area contributed by atoms with Gasteiger partial charge in [-0.3, -0.25) is 0 Å². The summed E-state index contributed by atoms with van der Waals surface area (Å²) in [5.41, 5.74) is 4.01. The van der Waals surface area contributed by atoms with Crippen molar-refractivity contribution in [2.45, 2.75) is 20.8 Å². The second-order valence-electron chi connectivity index (χ2n) is 6.10. The van der Waals surface area contributed by atoms with Crippen LogP contribution in [0.5, 0.6) is 5.75 Å². The largest absolute Gasteiger partial charge is 0.495 e. The fourth-order valence-electron chi connectivity index (χ4n) is 2.84. The highest BCUT2D eigenvalue weighted by atomic mass is 16.5. The summed E-state index contributed by atoms with van der Waals surface area (Å²) in [6.07, 6.45) is 0. The smallest absolute Gasteiger partial charge is 0.232 e. The van der Waals surface area contributed by atoms with Gasteiger partial charge >= 0.3 is 0 Å². The molecule has 0 aliphatic rings. The summed E-state index contributed by atoms with van der Waals surface area (Å²) in [5.74, 6) is 2.20. The molecule has 0 unspecified atom stereocenters. The van der Waals surface area contributed by atoms with E-state index in [1.165, 1.54) is 0 Å². The number of methoxy groups -OCH3 is 1. The number of ether oxygens (including phenoxy) is 1. The van der Waals surface area contributed by atoms with Gasteiger partial charge in [0.15, 0.2) is 0 Å². The number of nitrogens with one attached hydrogen (secondary N) is 1. The normalized spacial score (nSPS) is 10.5. The van der Waals surface area contributed by atoms with Crippen molar-refractivity contribution in [1.29, 1.82) is 0 Å². The van der Waals surface area contributed by atoms with Crippen molar-refractivity contribution in [2.24, 2.45) is 0 Å². The van der Waals surface area contributed by atoms with Crippen LogP contribution < -0.4 is 15.0 Å². The zero-order valence-corrected chi connectivity index (χ0v) is 15.7. The summed E-state index contributed by atoms with van der Waals surface area (Å²) in [5, 5.41) is 3.37. The first kappa shape index (κ1) is 17.7. The van der Waals surface area contributed by atoms with Crippen molar-refractivity contribution in [3.05, 3.63) is 65.9 Å². The number of anilines is 4. The highest BCUT2D eigenvalue weighted by Gasteiger charge is 2.13. The van der Waals surface area contributed by atoms with Gasteiger partial charge in [-0.25, -0.2) is 4.98 Å². The lowest BCUT2D eigenvalue weighted by atomic mass is 10.2. The minimum Gasteiger partial charge on any atom is -0.495 e. The molecule has 26 heavy (non-hydrogen) atoms. The van der Waals surface area contributed by atoms with Gasteiger partial charge in [-0.15, -0.1) is 0 Å². The van der Waals surface area contributed by atoms with E-state index in [-0.39, 0.29) is 0 Å². The van der Waals surface area contributed by atoms with Gasteiger partial charge in [0.1, 0.15) is 11.6 Å². The van der Waals surface area contributed by atoms with Gasteiger partial charge in [0.25, 0.3) is 0 Å². The summed E-state index contributed by atoms with van der Waals surface area (Å²) in [6.45, 7) is 6.90. The molecular weight excluding hydrogens is 324 g/mol. The first-order valence-corrected chi connectivity index (χ1v) is 8.70. The third-order valence-electron chi connectivity index (χ3n) is 4.09. The van der Waals surface area contributed by atoms with Gasteiger partial charge in [-0.1, -0.05) is 24.3 Å². The van der Waals surface area contributed by atoms with Crippen LogP contribution in [-0.4, -0.2) is 23.6 Å². The molecule has 0 aliphatic heterocycles. The van der Waals surface area contributed by atoms with Crippen molar-refractivity contribution >= 4 is 23.1 Å². The van der Waals surface area contributed by atoms with Gasteiger partial charge in [0.2, 0.25) is 5.95 Å². The fraction of sp³-hybridized carbons (Fsp3) is 0.238. The van der Waals surface area contributed by atoms with Crippen molar-refractivity contribution in [3.63, 3.8) is 0 Å². The molecule has 0 saturated carbocycles. The van der Waals surface area contributed by atoms with Gasteiger partial charge in [-0.05, 0) is 50.6 Å². The zero-order chi connectivity index (χ0) is 18.5. The van der Waals surface area contributed by atoms with E-state index in [1.54, 1.807) is 7.11 Å². The van der Waals surface area contributed by atoms with Gasteiger partial charge in [0, 0.05) is 24.0 Å². The maximum Gasteiger partial charge on any atom is 0.232 e. The van der Waals surface area contributed by atoms with Gasteiger partial charge in [-0.2, -0.15) is 4.98 Å². The molecule has 0 fully saturated rings. The molecule has 1 N–H and O–H groups in total. The first-order chi connectivity index (χ1) is 12.6. The molecule has 1 aromatic heterocycles. The second kappa shape index (κ2) is 7.87. The maximum atomic E-state index is 5.45. The molecule has 3 aromatic rings. The maximum absolute atomic E-state index is 5.45. The van der Waals surface area contributed by atoms with Crippen LogP contribution in [0.15, 0.2) is 54.6 Å². The summed E-state index contributed by atoms with van der Waals surface area (Å²) in [6, 6.07) is 18.1. The lowest BCUT2D eigenvalue weighted by molar-refractivity contribution is 0.416. The van der Waals surface area contributed by atoms with E-state index in [1.807, 2.05) is 49.4 Å². The van der Waals surface area contributed by atoms with E-state index in [0.29, 0.717) is 5.95 Å². The Morgan fingerprint density at radius 3 is 2.46 bits per heavy atom. The quantitative estimate of drug-likeness (QED) is 0.679. The van der Waals surface area contributed by atoms with Gasteiger partial charge < -0.3 is 15.0 Å². The van der Waals surface area contributed by atoms with E-state index < -0.39 is 0 Å². The monoisotopic (exact) mass is 348 g/mol. The van der Waals surface area contributed by atoms with Crippen molar-refractivity contribution < 1.29 is 4.74 Å². The zero-order valence-electron chi connectivity index (χ0n) is 15.7. The molecule has 0 aliphatic carbocycles. The highest BCUT2D eigenvalue weighted by Crippen LogP contribution is 2.29. The number of hydrogen-bond acceptors (Lipinski definition) is 5. The van der Waals surface area contributed by atoms with Crippen molar-refractivity contribution in [2.75, 3.05) is 23.9 Å². The Hall–Kier alpha value is -3.08. The van der Waals surface area contributed by atoms with Crippen LogP contribution in [0.1, 0.15) is 18.2 Å². The number of nitrogens with zero attached hydrogens (tertiary/aromatic N) is 3. The topological polar surface area (TPSA) is 50.3 Å². The Morgan fingerprint density at radius 2 is 1.77 bits per heavy atom. The average Bonchev–Trinajstić information content (AvgIpc) is 2.63. The Bertz CT molecular complexity index is 880. The molecule has 134 valence electrons. The number of benzene rings is 2. The Balaban J connectivity index is 1.97. The van der Waals surface area contributed by atoms with Crippen LogP contribution in [0.2, 0.25) is 0 Å². The van der Waals surface area contributed by atoms with E-state index in [2.05, 4.69) is 41.2 Å². The molecule has 0 atom stereocenters. The highest BCUT2D eigenvalue weighted by molar-refractivity contribution is 5.67. The van der Waals surface area contributed by atoms with Gasteiger partial charge in [0.05, 0.1) is 12.8 Å². The average molecular weight is 348 g/mol. The standard InChI is InChI=1S/C21H24N4O/c1-5-25(17-9-7-6-8-10-17)21-22-16(3)14-20(24-21)23-18-13-15(2)11-12-19(18)26-4/h6-14H,5H2,1-4H3,(H,22,23,24). The summed E-state index contributed by atoms with van der Waals surface area (Å²) in [7, 11) is 1.67. The van der Waals surface area contributed by atoms with E-state index >= 15 is 0 Å². The van der Waals surface area contributed by atoms with Crippen LogP contribution in [0, 0.1) is 13.8 Å². The third kappa shape index (κ3) is 3.94. The van der Waals surface area contributed by atoms with E-state index in [9.17, 15) is 0 Å². The predicted octanol–water partition coefficient (Wildman–Crippen LogP) is 5.00. The SMILES string of the molecule is CCN(c1ccccc1)c1nc(C)cc(Nc2cc(C)ccc2OC)n1. The van der Waals surface area contributed by atoms with Crippen LogP contribution in [0.25, 0.3) is 0 Å². The fourth-order valence-corrected chi connectivity index (χ4v) is 2.84. The molecule has 0 spiro atoms. The molecule has 0 bridgehead atoms. The minimum atomic E-state index is 0.674. The molecule has 3 rings (SSSR count). The van der Waals surface area contributed by atoms with Crippen molar-refractivity contribution in [3.8, 4) is 5.75 Å². The third-order valence-corrected chi connectivity index (χ3v) is 4.09. The second-order valence-corrected chi connectivity index (χ2v) is 6.10. The Kier molecular flexibility index (Phi) is 5.37. The number of hydrogen-bond donors (Lipinski definition) is 1. The number of aromatic nitrogens is 2. The molecule has 0 amide bonds. The Morgan fingerprint density at radius 1 is 1.00 bits per heavy atom. The lowest BCUT2D eigenvalue weighted by Crippen LogP contribution is -2.19. The van der Waals surface area contributed by atoms with Crippen molar-refractivity contribution in [1.82, 2.24) is 9.97 Å². The van der Waals surface area contributed by atoms with Crippen LogP contribution in [0.4, 0.5) is 23.1 Å². The number of rotatable bonds is 6.